The molecule has 1 unspecified atom stereocenters. The van der Waals surface area contributed by atoms with E-state index >= 15 is 0 Å². The third-order valence-corrected chi connectivity index (χ3v) is 4.98. The van der Waals surface area contributed by atoms with Crippen molar-refractivity contribution in [2.24, 2.45) is 4.40 Å². The second-order valence-electron chi connectivity index (χ2n) is 6.76. The number of rotatable bonds is 15. The number of hydrogen-bond donors (Lipinski definition) is 3. The highest BCUT2D eigenvalue weighted by Crippen LogP contribution is 2.11. The monoisotopic (exact) mass is 414 g/mol. The lowest BCUT2D eigenvalue weighted by Crippen LogP contribution is -2.38. The molecule has 0 bridgehead atoms. The molecular weight excluding hydrogens is 380 g/mol. The Kier molecular flexibility index (Phi) is 14.1. The Labute approximate surface area is 170 Å². The molecule has 0 aromatic carbocycles. The van der Waals surface area contributed by atoms with Crippen LogP contribution in [0, 0.1) is 0 Å². The van der Waals surface area contributed by atoms with Gasteiger partial charge in [0.1, 0.15) is 5.84 Å². The van der Waals surface area contributed by atoms with E-state index in [1.165, 1.54) is 39.2 Å². The van der Waals surface area contributed by atoms with Gasteiger partial charge in [0.2, 0.25) is 0 Å². The first-order valence-electron chi connectivity index (χ1n) is 10.2. The van der Waals surface area contributed by atoms with E-state index in [1.807, 2.05) is 0 Å². The lowest BCUT2D eigenvalue weighted by Gasteiger charge is -2.02. The van der Waals surface area contributed by atoms with Crippen LogP contribution >= 0.6 is 0 Å². The topological polar surface area (TPSA) is 109 Å². The SMILES string of the molecule is CNC(=O)C(=O)NCCCCC=CCCCCCCCCCC1=NS(=O)ON1. The van der Waals surface area contributed by atoms with E-state index in [4.69, 9.17) is 0 Å². The predicted molar refractivity (Wildman–Crippen MR) is 111 cm³/mol. The molecule has 0 spiro atoms. The minimum atomic E-state index is -1.53. The van der Waals surface area contributed by atoms with Gasteiger partial charge in [0, 0.05) is 20.0 Å². The molecule has 28 heavy (non-hydrogen) atoms. The standard InChI is InChI=1S/C19H34N4O4S/c1-20-18(24)19(25)21-16-14-12-10-8-6-4-2-3-5-7-9-11-13-15-17-22-27-28(26)23-17/h6,8H,2-5,7,9-16H2,1H3,(H,20,24)(H,21,25)(H,22,23). The van der Waals surface area contributed by atoms with Crippen molar-refractivity contribution < 1.29 is 18.1 Å². The van der Waals surface area contributed by atoms with Crippen LogP contribution in [0.25, 0.3) is 0 Å². The summed E-state index contributed by atoms with van der Waals surface area (Å²) >= 11 is -1.53. The zero-order chi connectivity index (χ0) is 20.5. The lowest BCUT2D eigenvalue weighted by atomic mass is 10.1. The molecule has 0 radical (unpaired) electrons. The van der Waals surface area contributed by atoms with Crippen LogP contribution in [-0.2, 0) is 25.1 Å². The van der Waals surface area contributed by atoms with Crippen LogP contribution in [0.2, 0.25) is 0 Å². The molecule has 1 atom stereocenters. The second kappa shape index (κ2) is 16.2. The van der Waals surface area contributed by atoms with Crippen LogP contribution in [-0.4, -0.2) is 35.5 Å². The van der Waals surface area contributed by atoms with Gasteiger partial charge in [-0.15, -0.1) is 4.40 Å². The van der Waals surface area contributed by atoms with E-state index in [0.29, 0.717) is 12.4 Å². The Bertz CT molecular complexity index is 552. The van der Waals surface area contributed by atoms with Gasteiger partial charge in [-0.1, -0.05) is 44.3 Å². The van der Waals surface area contributed by atoms with Crippen LogP contribution in [0.3, 0.4) is 0 Å². The van der Waals surface area contributed by atoms with Gasteiger partial charge in [-0.25, -0.2) is 9.69 Å². The molecule has 1 aliphatic rings. The molecule has 0 aromatic rings. The summed E-state index contributed by atoms with van der Waals surface area (Å²) in [5, 5.41) is 4.89. The largest absolute Gasteiger partial charge is 0.351 e. The van der Waals surface area contributed by atoms with Crippen molar-refractivity contribution in [1.29, 1.82) is 0 Å². The first kappa shape index (κ1) is 24.3. The first-order valence-corrected chi connectivity index (χ1v) is 11.2. The van der Waals surface area contributed by atoms with Crippen molar-refractivity contribution >= 4 is 28.9 Å². The maximum absolute atomic E-state index is 11.2. The first-order chi connectivity index (χ1) is 13.6. The summed E-state index contributed by atoms with van der Waals surface area (Å²) in [6.07, 6.45) is 17.7. The molecule has 1 heterocycles. The highest BCUT2D eigenvalue weighted by molar-refractivity contribution is 7.79. The van der Waals surface area contributed by atoms with Crippen LogP contribution in [0.4, 0.5) is 0 Å². The van der Waals surface area contributed by atoms with Gasteiger partial charge in [-0.2, -0.15) is 4.28 Å². The molecule has 0 aliphatic carbocycles. The van der Waals surface area contributed by atoms with Crippen LogP contribution in [0.1, 0.15) is 77.0 Å². The van der Waals surface area contributed by atoms with Crippen LogP contribution in [0.15, 0.2) is 16.5 Å². The molecule has 1 aliphatic heterocycles. The number of allylic oxidation sites excluding steroid dienone is 2. The van der Waals surface area contributed by atoms with Gasteiger partial charge < -0.3 is 10.6 Å². The highest BCUT2D eigenvalue weighted by atomic mass is 32.2. The van der Waals surface area contributed by atoms with Crippen molar-refractivity contribution in [1.82, 2.24) is 16.1 Å². The van der Waals surface area contributed by atoms with E-state index in [9.17, 15) is 13.8 Å². The quantitative estimate of drug-likeness (QED) is 0.217. The predicted octanol–water partition coefficient (Wildman–Crippen LogP) is 2.60. The number of unbranched alkanes of at least 4 members (excludes halogenated alkanes) is 9. The van der Waals surface area contributed by atoms with Gasteiger partial charge in [-0.3, -0.25) is 9.59 Å². The maximum atomic E-state index is 11.2. The van der Waals surface area contributed by atoms with Crippen molar-refractivity contribution in [3.8, 4) is 0 Å². The Morgan fingerprint density at radius 3 is 2.18 bits per heavy atom. The summed E-state index contributed by atoms with van der Waals surface area (Å²) in [5.41, 5.74) is 2.58. The van der Waals surface area contributed by atoms with E-state index < -0.39 is 23.1 Å². The van der Waals surface area contributed by atoms with Crippen molar-refractivity contribution in [2.45, 2.75) is 77.0 Å². The second-order valence-corrected chi connectivity index (χ2v) is 7.54. The maximum Gasteiger partial charge on any atom is 0.309 e. The smallest absolute Gasteiger partial charge is 0.309 e. The van der Waals surface area contributed by atoms with E-state index in [0.717, 1.165) is 44.9 Å². The fraction of sp³-hybridized carbons (Fsp3) is 0.737. The van der Waals surface area contributed by atoms with Crippen molar-refractivity contribution in [3.05, 3.63) is 12.2 Å². The molecule has 9 heteroatoms. The summed E-state index contributed by atoms with van der Waals surface area (Å²) in [6, 6.07) is 0. The number of likely N-dealkylation sites (N-methyl/N-ethyl adjacent to an activating group) is 1. The van der Waals surface area contributed by atoms with Crippen LogP contribution in [0.5, 0.6) is 0 Å². The lowest BCUT2D eigenvalue weighted by molar-refractivity contribution is -0.138. The Hall–Kier alpha value is -1.74. The van der Waals surface area contributed by atoms with Gasteiger partial charge in [0.05, 0.1) is 0 Å². The molecule has 8 nitrogen and oxygen atoms in total. The zero-order valence-corrected chi connectivity index (χ0v) is 17.7. The molecule has 0 saturated carbocycles. The number of carbonyl (C=O) groups excluding carboxylic acids is 2. The normalized spacial score (nSPS) is 16.0. The van der Waals surface area contributed by atoms with E-state index in [2.05, 4.69) is 36.9 Å². The number of nitrogens with one attached hydrogen (secondary N) is 3. The number of carbonyl (C=O) groups is 2. The minimum Gasteiger partial charge on any atom is -0.351 e. The Morgan fingerprint density at radius 1 is 0.964 bits per heavy atom. The molecule has 0 aromatic heterocycles. The zero-order valence-electron chi connectivity index (χ0n) is 16.8. The van der Waals surface area contributed by atoms with Gasteiger partial charge >= 0.3 is 23.1 Å². The molecular formula is C19H34N4O4S. The number of hydroxylamine groups is 1. The highest BCUT2D eigenvalue weighted by Gasteiger charge is 2.11. The summed E-state index contributed by atoms with van der Waals surface area (Å²) in [7, 11) is 1.45. The Morgan fingerprint density at radius 2 is 1.57 bits per heavy atom. The number of hydrogen-bond acceptors (Lipinski definition) is 5. The van der Waals surface area contributed by atoms with E-state index in [1.54, 1.807) is 0 Å². The number of nitrogens with zero attached hydrogens (tertiary/aromatic N) is 1. The molecule has 3 N–H and O–H groups in total. The fourth-order valence-corrected chi connectivity index (χ4v) is 3.28. The van der Waals surface area contributed by atoms with Crippen LogP contribution < -0.4 is 16.1 Å². The number of amidine groups is 1. The molecule has 0 saturated heterocycles. The molecule has 2 amide bonds. The summed E-state index contributed by atoms with van der Waals surface area (Å²) in [5.74, 6) is -0.463. The van der Waals surface area contributed by atoms with Crippen molar-refractivity contribution in [3.63, 3.8) is 0 Å². The summed E-state index contributed by atoms with van der Waals surface area (Å²) in [4.78, 5) is 22.2. The average molecular weight is 415 g/mol. The Balaban J connectivity index is 1.78. The van der Waals surface area contributed by atoms with Gasteiger partial charge in [0.25, 0.3) is 0 Å². The fourth-order valence-electron chi connectivity index (χ4n) is 2.76. The number of amides is 2. The van der Waals surface area contributed by atoms with Gasteiger partial charge in [-0.05, 0) is 38.5 Å². The summed E-state index contributed by atoms with van der Waals surface area (Å²) in [6.45, 7) is 0.540. The van der Waals surface area contributed by atoms with E-state index in [-0.39, 0.29) is 0 Å². The summed E-state index contributed by atoms with van der Waals surface area (Å²) < 4.78 is 19.3. The van der Waals surface area contributed by atoms with Gasteiger partial charge in [0.15, 0.2) is 0 Å². The molecule has 160 valence electrons. The molecule has 0 fully saturated rings. The molecule has 1 rings (SSSR count). The third kappa shape index (κ3) is 12.6. The average Bonchev–Trinajstić information content (AvgIpc) is 3.11. The van der Waals surface area contributed by atoms with Crippen molar-refractivity contribution in [2.75, 3.05) is 13.6 Å². The third-order valence-electron chi connectivity index (χ3n) is 4.38. The minimum absolute atomic E-state index is 0.540.